The van der Waals surface area contributed by atoms with Crippen molar-refractivity contribution in [2.45, 2.75) is 32.8 Å². The summed E-state index contributed by atoms with van der Waals surface area (Å²) in [4.78, 5) is 35.3. The lowest BCUT2D eigenvalue weighted by atomic mass is 9.96. The van der Waals surface area contributed by atoms with E-state index in [2.05, 4.69) is 15.7 Å². The zero-order chi connectivity index (χ0) is 23.8. The molecule has 170 valence electrons. The fourth-order valence-electron chi connectivity index (χ4n) is 3.58. The average molecular weight is 449 g/mol. The number of carbonyl (C=O) groups excluding carboxylic acids is 2. The molecule has 0 spiro atoms. The van der Waals surface area contributed by atoms with E-state index in [9.17, 15) is 19.7 Å². The van der Waals surface area contributed by atoms with Gasteiger partial charge in [0, 0.05) is 17.8 Å². The molecule has 3 aromatic rings. The van der Waals surface area contributed by atoms with Crippen molar-refractivity contribution in [1.82, 2.24) is 15.1 Å². The third kappa shape index (κ3) is 4.84. The molecular formula is C23H23N5O5. The molecule has 1 aliphatic heterocycles. The summed E-state index contributed by atoms with van der Waals surface area (Å²) in [5, 5.41) is 21.3. The molecule has 10 heteroatoms. The molecule has 10 nitrogen and oxygen atoms in total. The van der Waals surface area contributed by atoms with Crippen LogP contribution in [0.15, 0.2) is 48.7 Å². The Bertz CT molecular complexity index is 1260. The third-order valence-corrected chi connectivity index (χ3v) is 4.96. The van der Waals surface area contributed by atoms with E-state index in [0.29, 0.717) is 41.0 Å². The van der Waals surface area contributed by atoms with Crippen LogP contribution in [0, 0.1) is 10.1 Å². The van der Waals surface area contributed by atoms with Crippen LogP contribution in [0.5, 0.6) is 0 Å². The number of carbonyl (C=O) groups is 2. The first-order valence-electron chi connectivity index (χ1n) is 10.4. The van der Waals surface area contributed by atoms with Crippen LogP contribution < -0.4 is 10.6 Å². The summed E-state index contributed by atoms with van der Waals surface area (Å²) in [5.74, 6) is -0.456. The second-order valence-corrected chi connectivity index (χ2v) is 8.62. The number of hydrogen-bond donors (Lipinski definition) is 2. The summed E-state index contributed by atoms with van der Waals surface area (Å²) in [7, 11) is 0. The molecule has 1 aliphatic rings. The van der Waals surface area contributed by atoms with Gasteiger partial charge in [-0.2, -0.15) is 0 Å². The molecule has 0 radical (unpaired) electrons. The predicted octanol–water partition coefficient (Wildman–Crippen LogP) is 4.08. The Balaban J connectivity index is 1.67. The van der Waals surface area contributed by atoms with Crippen molar-refractivity contribution in [2.75, 3.05) is 11.9 Å². The van der Waals surface area contributed by atoms with Crippen LogP contribution in [0.4, 0.5) is 16.3 Å². The van der Waals surface area contributed by atoms with E-state index in [-0.39, 0.29) is 11.7 Å². The summed E-state index contributed by atoms with van der Waals surface area (Å²) in [5.41, 5.74) is 2.68. The van der Waals surface area contributed by atoms with Gasteiger partial charge >= 0.3 is 11.9 Å². The number of hydrogen-bond acceptors (Lipinski definition) is 6. The Kier molecular flexibility index (Phi) is 5.59. The highest BCUT2D eigenvalue weighted by Crippen LogP contribution is 2.32. The van der Waals surface area contributed by atoms with Gasteiger partial charge in [0.2, 0.25) is 0 Å². The van der Waals surface area contributed by atoms with E-state index in [1.54, 1.807) is 69.4 Å². The maximum Gasteiger partial charge on any atom is 0.412 e. The quantitative estimate of drug-likeness (QED) is 0.456. The van der Waals surface area contributed by atoms with Crippen LogP contribution in [0.1, 0.15) is 36.7 Å². The van der Waals surface area contributed by atoms with Crippen molar-refractivity contribution in [2.24, 2.45) is 0 Å². The molecule has 0 bridgehead atoms. The monoisotopic (exact) mass is 449 g/mol. The van der Waals surface area contributed by atoms with Gasteiger partial charge in [-0.3, -0.25) is 10.1 Å². The maximum absolute atomic E-state index is 12.1. The molecule has 2 aromatic carbocycles. The van der Waals surface area contributed by atoms with Gasteiger partial charge in [-0.25, -0.2) is 4.79 Å². The van der Waals surface area contributed by atoms with Crippen LogP contribution in [0.2, 0.25) is 0 Å². The molecule has 0 atom stereocenters. The molecule has 33 heavy (non-hydrogen) atoms. The predicted molar refractivity (Wildman–Crippen MR) is 122 cm³/mol. The first-order valence-corrected chi connectivity index (χ1v) is 10.4. The average Bonchev–Trinajstić information content (AvgIpc) is 3.18. The highest BCUT2D eigenvalue weighted by atomic mass is 16.6. The van der Waals surface area contributed by atoms with Gasteiger partial charge in [-0.05, 0) is 73.6 Å². The molecule has 0 fully saturated rings. The van der Waals surface area contributed by atoms with Gasteiger partial charge in [-0.15, -0.1) is 4.68 Å². The Morgan fingerprint density at radius 3 is 2.73 bits per heavy atom. The number of ether oxygens (including phenoxy) is 1. The molecule has 0 unspecified atom stereocenters. The van der Waals surface area contributed by atoms with E-state index in [4.69, 9.17) is 4.74 Å². The van der Waals surface area contributed by atoms with Crippen LogP contribution in [0.3, 0.4) is 0 Å². The number of amides is 2. The molecule has 1 aromatic heterocycles. The summed E-state index contributed by atoms with van der Waals surface area (Å²) in [6.45, 7) is 5.82. The first-order chi connectivity index (χ1) is 15.6. The second kappa shape index (κ2) is 8.38. The summed E-state index contributed by atoms with van der Waals surface area (Å²) >= 11 is 0. The van der Waals surface area contributed by atoms with Gasteiger partial charge in [0.15, 0.2) is 0 Å². The lowest BCUT2D eigenvalue weighted by Gasteiger charge is -2.19. The highest BCUT2D eigenvalue weighted by molar-refractivity contribution is 5.97. The topological polar surface area (TPSA) is 128 Å². The van der Waals surface area contributed by atoms with E-state index < -0.39 is 16.6 Å². The Morgan fingerprint density at radius 1 is 1.21 bits per heavy atom. The minimum Gasteiger partial charge on any atom is -0.444 e. The SMILES string of the molecule is CC(C)(C)OC(=O)Nc1cccc(-n2cc(-c3ccc4c(c3)CCNC4=O)c([N+](=O)[O-])n2)c1. The number of benzene rings is 2. The third-order valence-electron chi connectivity index (χ3n) is 4.96. The maximum atomic E-state index is 12.1. The van der Waals surface area contributed by atoms with Crippen molar-refractivity contribution >= 4 is 23.5 Å². The number of aromatic nitrogens is 2. The molecule has 0 saturated carbocycles. The lowest BCUT2D eigenvalue weighted by Crippen LogP contribution is -2.31. The van der Waals surface area contributed by atoms with Gasteiger partial charge in [0.1, 0.15) is 11.2 Å². The lowest BCUT2D eigenvalue weighted by molar-refractivity contribution is -0.389. The van der Waals surface area contributed by atoms with Gasteiger partial charge in [0.25, 0.3) is 5.91 Å². The Morgan fingerprint density at radius 2 is 2.00 bits per heavy atom. The van der Waals surface area contributed by atoms with E-state index in [0.717, 1.165) is 5.56 Å². The van der Waals surface area contributed by atoms with Crippen molar-refractivity contribution in [3.8, 4) is 16.8 Å². The number of nitro groups is 1. The van der Waals surface area contributed by atoms with Gasteiger partial charge in [-0.1, -0.05) is 12.1 Å². The van der Waals surface area contributed by atoms with Crippen molar-refractivity contribution in [1.29, 1.82) is 0 Å². The normalized spacial score (nSPS) is 13.1. The first kappa shape index (κ1) is 22.0. The molecule has 0 saturated heterocycles. The second-order valence-electron chi connectivity index (χ2n) is 8.62. The minimum atomic E-state index is -0.644. The minimum absolute atomic E-state index is 0.151. The van der Waals surface area contributed by atoms with Gasteiger partial charge < -0.3 is 20.2 Å². The van der Waals surface area contributed by atoms with E-state index in [1.165, 1.54) is 4.68 Å². The zero-order valence-electron chi connectivity index (χ0n) is 18.4. The van der Waals surface area contributed by atoms with Crippen LogP contribution in [-0.2, 0) is 11.2 Å². The Labute approximate surface area is 189 Å². The van der Waals surface area contributed by atoms with Crippen LogP contribution >= 0.6 is 0 Å². The standard InChI is InChI=1S/C23H23N5O5/c1-23(2,3)33-22(30)25-16-5-4-6-17(12-16)27-13-19(20(26-27)28(31)32)14-7-8-18-15(11-14)9-10-24-21(18)29/h4-8,11-13H,9-10H2,1-3H3,(H,24,29)(H,25,30). The largest absolute Gasteiger partial charge is 0.444 e. The molecule has 2 heterocycles. The molecule has 0 aliphatic carbocycles. The number of anilines is 1. The summed E-state index contributed by atoms with van der Waals surface area (Å²) in [6, 6.07) is 11.9. The van der Waals surface area contributed by atoms with Crippen molar-refractivity contribution in [3.05, 3.63) is 69.9 Å². The fourth-order valence-corrected chi connectivity index (χ4v) is 3.58. The Hall–Kier alpha value is -4.21. The van der Waals surface area contributed by atoms with Crippen molar-refractivity contribution in [3.63, 3.8) is 0 Å². The van der Waals surface area contributed by atoms with Crippen LogP contribution in [-0.4, -0.2) is 38.9 Å². The van der Waals surface area contributed by atoms with Crippen molar-refractivity contribution < 1.29 is 19.2 Å². The highest BCUT2D eigenvalue weighted by Gasteiger charge is 2.25. The van der Waals surface area contributed by atoms with E-state index in [1.807, 2.05) is 0 Å². The zero-order valence-corrected chi connectivity index (χ0v) is 18.4. The molecule has 2 amide bonds. The summed E-state index contributed by atoms with van der Waals surface area (Å²) < 4.78 is 6.65. The number of rotatable bonds is 4. The number of nitrogens with one attached hydrogen (secondary N) is 2. The molecule has 2 N–H and O–H groups in total. The van der Waals surface area contributed by atoms with Gasteiger partial charge in [0.05, 0.1) is 17.0 Å². The molecule has 4 rings (SSSR count). The van der Waals surface area contributed by atoms with Crippen LogP contribution in [0.25, 0.3) is 16.8 Å². The smallest absolute Gasteiger partial charge is 0.412 e. The number of fused-ring (bicyclic) bond motifs is 1. The fraction of sp³-hybridized carbons (Fsp3) is 0.261. The number of nitrogens with zero attached hydrogens (tertiary/aromatic N) is 3. The van der Waals surface area contributed by atoms with E-state index >= 15 is 0 Å². The summed E-state index contributed by atoms with van der Waals surface area (Å²) in [6.07, 6.45) is 1.61. The molecular weight excluding hydrogens is 426 g/mol.